The van der Waals surface area contributed by atoms with Crippen LogP contribution in [0.25, 0.3) is 11.0 Å². The van der Waals surface area contributed by atoms with E-state index in [1.807, 2.05) is 0 Å². The number of hydrogen-bond acceptors (Lipinski definition) is 8. The van der Waals surface area contributed by atoms with Crippen molar-refractivity contribution in [3.05, 3.63) is 44.9 Å². The Morgan fingerprint density at radius 2 is 1.88 bits per heavy atom. The molecule has 11 heteroatoms. The van der Waals surface area contributed by atoms with Crippen molar-refractivity contribution in [3.8, 4) is 11.5 Å². The van der Waals surface area contributed by atoms with Crippen molar-refractivity contribution < 1.29 is 14.3 Å². The molecule has 0 unspecified atom stereocenters. The molecule has 10 nitrogen and oxygen atoms in total. The number of aromatic nitrogens is 4. The topological polar surface area (TPSA) is 117 Å². The minimum atomic E-state index is -0.482. The summed E-state index contributed by atoms with van der Waals surface area (Å²) < 4.78 is 13.4. The molecular weight excluding hydrogens is 446 g/mol. The zero-order valence-corrected chi connectivity index (χ0v) is 19.5. The van der Waals surface area contributed by atoms with Crippen molar-refractivity contribution in [3.63, 3.8) is 0 Å². The number of benzene rings is 1. The first-order chi connectivity index (χ1) is 15.9. The number of aryl methyl sites for hydroxylation is 2. The fourth-order valence-electron chi connectivity index (χ4n) is 3.48. The lowest BCUT2D eigenvalue weighted by Crippen LogP contribution is -2.38. The summed E-state index contributed by atoms with van der Waals surface area (Å²) in [5.41, 5.74) is -0.0804. The predicted octanol–water partition coefficient (Wildman–Crippen LogP) is 1.87. The second kappa shape index (κ2) is 9.65. The Kier molecular flexibility index (Phi) is 6.68. The molecule has 0 saturated heterocycles. The molecular formula is C22H25N5O5S. The number of nitrogens with zero attached hydrogens (tertiary/aromatic N) is 4. The van der Waals surface area contributed by atoms with E-state index in [2.05, 4.69) is 22.2 Å². The maximum absolute atomic E-state index is 12.8. The van der Waals surface area contributed by atoms with Gasteiger partial charge < -0.3 is 14.8 Å². The summed E-state index contributed by atoms with van der Waals surface area (Å²) in [6, 6.07) is 5.20. The van der Waals surface area contributed by atoms with Crippen LogP contribution < -0.4 is 26.0 Å². The molecule has 1 aliphatic heterocycles. The third-order valence-electron chi connectivity index (χ3n) is 5.23. The van der Waals surface area contributed by atoms with E-state index < -0.39 is 11.2 Å². The predicted molar refractivity (Wildman–Crippen MR) is 125 cm³/mol. The van der Waals surface area contributed by atoms with Crippen LogP contribution in [0, 0.1) is 0 Å². The highest BCUT2D eigenvalue weighted by atomic mass is 32.2. The average Bonchev–Trinajstić information content (AvgIpc) is 2.83. The molecule has 4 rings (SSSR count). The Hall–Kier alpha value is -3.34. The van der Waals surface area contributed by atoms with Crippen LogP contribution in [0.4, 0.5) is 5.69 Å². The van der Waals surface area contributed by atoms with E-state index in [0.29, 0.717) is 47.7 Å². The largest absolute Gasteiger partial charge is 0.486 e. The minimum absolute atomic E-state index is 0.0275. The Labute approximate surface area is 193 Å². The molecule has 174 valence electrons. The molecule has 3 heterocycles. The molecule has 0 spiro atoms. The monoisotopic (exact) mass is 471 g/mol. The first kappa shape index (κ1) is 22.8. The zero-order chi connectivity index (χ0) is 23.5. The molecule has 1 N–H and O–H groups in total. The average molecular weight is 472 g/mol. The highest BCUT2D eigenvalue weighted by Crippen LogP contribution is 2.32. The number of thioether (sulfide) groups is 1. The third kappa shape index (κ3) is 4.72. The van der Waals surface area contributed by atoms with Gasteiger partial charge in [-0.15, -0.1) is 0 Å². The van der Waals surface area contributed by atoms with Gasteiger partial charge in [0, 0.05) is 32.3 Å². The molecule has 2 aromatic heterocycles. The summed E-state index contributed by atoms with van der Waals surface area (Å²) >= 11 is 1.14. The van der Waals surface area contributed by atoms with Crippen LogP contribution in [0.3, 0.4) is 0 Å². The van der Waals surface area contributed by atoms with Crippen LogP contribution in [-0.4, -0.2) is 44.0 Å². The molecule has 0 atom stereocenters. The van der Waals surface area contributed by atoms with Crippen molar-refractivity contribution in [1.82, 2.24) is 19.1 Å². The van der Waals surface area contributed by atoms with Crippen molar-refractivity contribution in [2.45, 2.75) is 31.2 Å². The molecule has 0 aliphatic carbocycles. The van der Waals surface area contributed by atoms with Gasteiger partial charge in [0.05, 0.1) is 5.75 Å². The molecule has 0 fully saturated rings. The van der Waals surface area contributed by atoms with E-state index in [0.717, 1.165) is 29.2 Å². The van der Waals surface area contributed by atoms with Crippen LogP contribution in [0.1, 0.15) is 25.6 Å². The number of ether oxygens (including phenoxy) is 2. The van der Waals surface area contributed by atoms with E-state index in [9.17, 15) is 14.4 Å². The number of anilines is 1. The fourth-order valence-corrected chi connectivity index (χ4v) is 4.31. The highest BCUT2D eigenvalue weighted by Gasteiger charge is 2.19. The number of nitrogens with one attached hydrogen (secondary N) is 1. The summed E-state index contributed by atoms with van der Waals surface area (Å²) in [5, 5.41) is 3.45. The summed E-state index contributed by atoms with van der Waals surface area (Å²) in [6.45, 7) is 3.01. The molecule has 0 bridgehead atoms. The number of rotatable bonds is 7. The van der Waals surface area contributed by atoms with Crippen molar-refractivity contribution in [2.24, 2.45) is 14.1 Å². The molecule has 1 aliphatic rings. The molecule has 0 radical (unpaired) electrons. The van der Waals surface area contributed by atoms with Crippen LogP contribution in [-0.2, 0) is 25.3 Å². The van der Waals surface area contributed by atoms with Gasteiger partial charge in [0.1, 0.15) is 29.5 Å². The SMILES string of the molecule is CCCCc1nc(SCC(=O)Nc2ccc3c(c2)OCCO3)c2c(=O)n(C)c(=O)n(C)c2n1. The Balaban J connectivity index is 1.60. The molecule has 1 amide bonds. The van der Waals surface area contributed by atoms with Crippen molar-refractivity contribution in [2.75, 3.05) is 24.3 Å². The van der Waals surface area contributed by atoms with Crippen molar-refractivity contribution in [1.29, 1.82) is 0 Å². The lowest BCUT2D eigenvalue weighted by Gasteiger charge is -2.19. The normalized spacial score (nSPS) is 12.7. The van der Waals surface area contributed by atoms with Crippen molar-refractivity contribution >= 4 is 34.4 Å². The fraction of sp³-hybridized carbons (Fsp3) is 0.409. The number of carbonyl (C=O) groups is 1. The first-order valence-corrected chi connectivity index (χ1v) is 11.7. The van der Waals surface area contributed by atoms with Gasteiger partial charge in [-0.1, -0.05) is 25.1 Å². The van der Waals surface area contributed by atoms with Gasteiger partial charge in [-0.25, -0.2) is 14.8 Å². The number of fused-ring (bicyclic) bond motifs is 2. The lowest BCUT2D eigenvalue weighted by atomic mass is 10.2. The number of carbonyl (C=O) groups excluding carboxylic acids is 1. The standard InChI is InChI=1S/C22H25N5O5S/c1-4-5-6-16-24-19-18(21(29)27(3)22(30)26(19)2)20(25-16)33-12-17(28)23-13-7-8-14-15(11-13)32-10-9-31-14/h7-8,11H,4-6,9-10,12H2,1-3H3,(H,23,28). The van der Waals surface area contributed by atoms with Crippen LogP contribution in [0.2, 0.25) is 0 Å². The summed E-state index contributed by atoms with van der Waals surface area (Å²) in [6.07, 6.45) is 2.45. The lowest BCUT2D eigenvalue weighted by molar-refractivity contribution is -0.113. The second-order valence-electron chi connectivity index (χ2n) is 7.65. The van der Waals surface area contributed by atoms with Gasteiger partial charge in [0.15, 0.2) is 17.1 Å². The van der Waals surface area contributed by atoms with E-state index in [4.69, 9.17) is 9.47 Å². The molecule has 0 saturated carbocycles. The molecule has 1 aromatic carbocycles. The summed E-state index contributed by atoms with van der Waals surface area (Å²) in [7, 11) is 2.99. The van der Waals surface area contributed by atoms with E-state index in [1.54, 1.807) is 25.2 Å². The van der Waals surface area contributed by atoms with Gasteiger partial charge >= 0.3 is 5.69 Å². The highest BCUT2D eigenvalue weighted by molar-refractivity contribution is 8.00. The Morgan fingerprint density at radius 1 is 1.12 bits per heavy atom. The van der Waals surface area contributed by atoms with Crippen LogP contribution in [0.15, 0.2) is 32.8 Å². The van der Waals surface area contributed by atoms with Crippen LogP contribution in [0.5, 0.6) is 11.5 Å². The first-order valence-electron chi connectivity index (χ1n) is 10.7. The minimum Gasteiger partial charge on any atom is -0.486 e. The van der Waals surface area contributed by atoms with E-state index in [1.165, 1.54) is 11.6 Å². The quantitative estimate of drug-likeness (QED) is 0.410. The maximum atomic E-state index is 12.8. The molecule has 3 aromatic rings. The van der Waals surface area contributed by atoms with E-state index in [-0.39, 0.29) is 22.7 Å². The number of amides is 1. The van der Waals surface area contributed by atoms with E-state index >= 15 is 0 Å². The third-order valence-corrected chi connectivity index (χ3v) is 6.21. The Morgan fingerprint density at radius 3 is 2.64 bits per heavy atom. The number of hydrogen-bond donors (Lipinski definition) is 1. The number of unbranched alkanes of at least 4 members (excludes halogenated alkanes) is 1. The van der Waals surface area contributed by atoms with Gasteiger partial charge in [-0.3, -0.25) is 18.7 Å². The maximum Gasteiger partial charge on any atom is 0.332 e. The van der Waals surface area contributed by atoms with Gasteiger partial charge in [-0.2, -0.15) is 0 Å². The van der Waals surface area contributed by atoms with Gasteiger partial charge in [0.2, 0.25) is 5.91 Å². The smallest absolute Gasteiger partial charge is 0.332 e. The zero-order valence-electron chi connectivity index (χ0n) is 18.7. The summed E-state index contributed by atoms with van der Waals surface area (Å²) in [5.74, 6) is 1.53. The van der Waals surface area contributed by atoms with Gasteiger partial charge in [-0.05, 0) is 18.6 Å². The molecule has 33 heavy (non-hydrogen) atoms. The van der Waals surface area contributed by atoms with Crippen LogP contribution >= 0.6 is 11.8 Å². The summed E-state index contributed by atoms with van der Waals surface area (Å²) in [4.78, 5) is 46.9. The Bertz CT molecular complexity index is 1330. The second-order valence-corrected chi connectivity index (χ2v) is 8.61. The van der Waals surface area contributed by atoms with Gasteiger partial charge in [0.25, 0.3) is 5.56 Å².